The Kier molecular flexibility index (Phi) is 5.70. The van der Waals surface area contributed by atoms with E-state index in [0.717, 1.165) is 33.1 Å². The van der Waals surface area contributed by atoms with Gasteiger partial charge in [0.2, 0.25) is 5.88 Å². The van der Waals surface area contributed by atoms with E-state index < -0.39 is 0 Å². The van der Waals surface area contributed by atoms with Crippen LogP contribution in [-0.4, -0.2) is 59.6 Å². The molecule has 0 aliphatic carbocycles. The van der Waals surface area contributed by atoms with Crippen molar-refractivity contribution in [3.8, 4) is 5.88 Å². The Balaban J connectivity index is 1.51. The molecule has 1 aliphatic heterocycles. The van der Waals surface area contributed by atoms with Crippen molar-refractivity contribution in [2.75, 3.05) is 27.9 Å². The highest BCUT2D eigenvalue weighted by Gasteiger charge is 2.29. The van der Waals surface area contributed by atoms with Crippen LogP contribution in [-0.2, 0) is 29.0 Å². The van der Waals surface area contributed by atoms with Gasteiger partial charge in [0.25, 0.3) is 5.91 Å². The molecule has 0 saturated heterocycles. The summed E-state index contributed by atoms with van der Waals surface area (Å²) < 4.78 is 15.5. The summed E-state index contributed by atoms with van der Waals surface area (Å²) in [5.74, 6) is 0.511. The number of amides is 1. The van der Waals surface area contributed by atoms with Gasteiger partial charge in [0.15, 0.2) is 5.82 Å². The molecular formula is C24H24N4O5S. The summed E-state index contributed by atoms with van der Waals surface area (Å²) in [6.07, 6.45) is 0.703. The molecule has 9 nitrogen and oxygen atoms in total. The minimum Gasteiger partial charge on any atom is -0.480 e. The Labute approximate surface area is 199 Å². The van der Waals surface area contributed by atoms with Gasteiger partial charge in [-0.3, -0.25) is 4.79 Å². The monoisotopic (exact) mass is 480 g/mol. The van der Waals surface area contributed by atoms with E-state index in [1.54, 1.807) is 20.3 Å². The molecule has 0 unspecified atom stereocenters. The van der Waals surface area contributed by atoms with E-state index >= 15 is 0 Å². The summed E-state index contributed by atoms with van der Waals surface area (Å²) in [6.45, 7) is 3.20. The summed E-state index contributed by atoms with van der Waals surface area (Å²) in [6, 6.07) is 5.45. The topological polar surface area (TPSA) is 107 Å². The molecule has 0 bridgehead atoms. The molecule has 0 spiro atoms. The lowest BCUT2D eigenvalue weighted by atomic mass is 10.0. The number of methoxy groups -OCH3 is 3. The lowest BCUT2D eigenvalue weighted by molar-refractivity contribution is 0.0600. The summed E-state index contributed by atoms with van der Waals surface area (Å²) in [7, 11) is 4.51. The number of thiophene rings is 1. The van der Waals surface area contributed by atoms with Gasteiger partial charge in [-0.2, -0.15) is 4.98 Å². The summed E-state index contributed by atoms with van der Waals surface area (Å²) in [4.78, 5) is 41.2. The number of nitrogens with one attached hydrogen (secondary N) is 1. The van der Waals surface area contributed by atoms with Gasteiger partial charge in [0, 0.05) is 48.8 Å². The molecule has 5 rings (SSSR count). The number of ether oxygens (including phenoxy) is 3. The number of aromatic nitrogens is 3. The van der Waals surface area contributed by atoms with Crippen LogP contribution in [0, 0.1) is 6.92 Å². The normalized spacial score (nSPS) is 13.4. The minimum atomic E-state index is -0.385. The van der Waals surface area contributed by atoms with Gasteiger partial charge in [-0.1, -0.05) is 0 Å². The van der Waals surface area contributed by atoms with Gasteiger partial charge in [-0.25, -0.2) is 9.78 Å². The maximum atomic E-state index is 13.6. The van der Waals surface area contributed by atoms with E-state index in [4.69, 9.17) is 14.2 Å². The van der Waals surface area contributed by atoms with Gasteiger partial charge in [0.05, 0.1) is 30.0 Å². The highest BCUT2D eigenvalue weighted by molar-refractivity contribution is 7.20. The van der Waals surface area contributed by atoms with Crippen LogP contribution in [0.2, 0.25) is 0 Å². The quantitative estimate of drug-likeness (QED) is 0.435. The van der Waals surface area contributed by atoms with E-state index in [1.165, 1.54) is 18.4 Å². The molecule has 4 aromatic rings. The molecule has 1 amide bonds. The van der Waals surface area contributed by atoms with Gasteiger partial charge in [-0.05, 0) is 30.7 Å². The summed E-state index contributed by atoms with van der Waals surface area (Å²) in [5, 5.41) is 1.68. The number of carbonyl (C=O) groups is 2. The number of fused-ring (bicyclic) bond motifs is 4. The lowest BCUT2D eigenvalue weighted by Gasteiger charge is -2.27. The Bertz CT molecular complexity index is 1440. The second-order valence-electron chi connectivity index (χ2n) is 8.13. The van der Waals surface area contributed by atoms with E-state index in [1.807, 2.05) is 24.0 Å². The van der Waals surface area contributed by atoms with Crippen LogP contribution in [0.4, 0.5) is 0 Å². The lowest BCUT2D eigenvalue weighted by Crippen LogP contribution is -2.35. The van der Waals surface area contributed by atoms with E-state index in [-0.39, 0.29) is 18.5 Å². The van der Waals surface area contributed by atoms with E-state index in [0.29, 0.717) is 46.5 Å². The molecule has 176 valence electrons. The smallest absolute Gasteiger partial charge is 0.337 e. The van der Waals surface area contributed by atoms with Crippen LogP contribution in [0.25, 0.3) is 21.1 Å². The van der Waals surface area contributed by atoms with Crippen molar-refractivity contribution in [3.63, 3.8) is 0 Å². The van der Waals surface area contributed by atoms with Crippen LogP contribution in [0.5, 0.6) is 5.88 Å². The van der Waals surface area contributed by atoms with E-state index in [2.05, 4.69) is 15.0 Å². The zero-order chi connectivity index (χ0) is 24.0. The second-order valence-corrected chi connectivity index (χ2v) is 9.13. The van der Waals surface area contributed by atoms with Gasteiger partial charge < -0.3 is 24.1 Å². The third-order valence-corrected chi connectivity index (χ3v) is 7.32. The number of carbonyl (C=O) groups excluding carboxylic acids is 2. The Morgan fingerprint density at radius 2 is 2.03 bits per heavy atom. The number of rotatable bonds is 5. The number of nitrogens with zero attached hydrogens (tertiary/aromatic N) is 3. The van der Waals surface area contributed by atoms with Crippen LogP contribution < -0.4 is 4.74 Å². The number of esters is 1. The molecule has 1 aliphatic rings. The first kappa shape index (κ1) is 22.3. The Morgan fingerprint density at radius 1 is 1.21 bits per heavy atom. The zero-order valence-electron chi connectivity index (χ0n) is 19.4. The number of hydrogen-bond acceptors (Lipinski definition) is 8. The van der Waals surface area contributed by atoms with Crippen molar-refractivity contribution in [1.29, 1.82) is 0 Å². The number of aromatic amines is 1. The van der Waals surface area contributed by atoms with E-state index in [9.17, 15) is 9.59 Å². The standard InChI is InChI=1S/C24H24N4O5S/c1-12-19-21(32-3)26-18(11-31-2)27-22(19)34-20(12)23(29)28-8-7-17-15(10-28)14-9-13(24(30)33-4)5-6-16(14)25-17/h5-6,9,25H,7-8,10-11H2,1-4H3. The molecule has 10 heteroatoms. The highest BCUT2D eigenvalue weighted by Crippen LogP contribution is 2.37. The van der Waals surface area contributed by atoms with Crippen molar-refractivity contribution in [2.24, 2.45) is 0 Å². The Morgan fingerprint density at radius 3 is 2.76 bits per heavy atom. The molecule has 0 saturated carbocycles. The molecule has 0 fully saturated rings. The predicted molar refractivity (Wildman–Crippen MR) is 127 cm³/mol. The fourth-order valence-corrected chi connectivity index (χ4v) is 5.62. The largest absolute Gasteiger partial charge is 0.480 e. The zero-order valence-corrected chi connectivity index (χ0v) is 20.2. The number of hydrogen-bond donors (Lipinski definition) is 1. The van der Waals surface area contributed by atoms with Crippen molar-refractivity contribution < 1.29 is 23.8 Å². The van der Waals surface area contributed by atoms with Crippen LogP contribution >= 0.6 is 11.3 Å². The molecule has 0 radical (unpaired) electrons. The van der Waals surface area contributed by atoms with Crippen molar-refractivity contribution >= 4 is 44.3 Å². The summed E-state index contributed by atoms with van der Waals surface area (Å²) in [5.41, 5.74) is 4.35. The molecule has 0 atom stereocenters. The highest BCUT2D eigenvalue weighted by atomic mass is 32.1. The average molecular weight is 481 g/mol. The first-order chi connectivity index (χ1) is 16.4. The maximum absolute atomic E-state index is 13.6. The third-order valence-electron chi connectivity index (χ3n) is 6.15. The van der Waals surface area contributed by atoms with Crippen molar-refractivity contribution in [1.82, 2.24) is 19.9 Å². The fraction of sp³-hybridized carbons (Fsp3) is 0.333. The Hall–Kier alpha value is -3.50. The number of aryl methyl sites for hydroxylation is 1. The minimum absolute atomic E-state index is 0.0556. The third kappa shape index (κ3) is 3.59. The molecule has 1 N–H and O–H groups in total. The van der Waals surface area contributed by atoms with Crippen molar-refractivity contribution in [3.05, 3.63) is 51.3 Å². The van der Waals surface area contributed by atoms with Gasteiger partial charge in [0.1, 0.15) is 11.4 Å². The van der Waals surface area contributed by atoms with Crippen LogP contribution in [0.15, 0.2) is 18.2 Å². The average Bonchev–Trinajstić information content (AvgIpc) is 3.39. The van der Waals surface area contributed by atoms with Gasteiger partial charge in [-0.15, -0.1) is 11.3 Å². The maximum Gasteiger partial charge on any atom is 0.337 e. The fourth-order valence-electron chi connectivity index (χ4n) is 4.47. The number of H-pyrrole nitrogens is 1. The molecule has 1 aromatic carbocycles. The predicted octanol–water partition coefficient (Wildman–Crippen LogP) is 3.62. The molecule has 34 heavy (non-hydrogen) atoms. The first-order valence-corrected chi connectivity index (χ1v) is 11.6. The molecular weight excluding hydrogens is 456 g/mol. The molecule has 4 heterocycles. The summed E-state index contributed by atoms with van der Waals surface area (Å²) >= 11 is 1.34. The van der Waals surface area contributed by atoms with Crippen LogP contribution in [0.1, 0.15) is 42.7 Å². The molecule has 3 aromatic heterocycles. The number of benzene rings is 1. The van der Waals surface area contributed by atoms with Crippen molar-refractivity contribution in [2.45, 2.75) is 26.5 Å². The SMILES string of the molecule is COCc1nc(OC)c2c(C)c(C(=O)N3CCc4[nH]c5ccc(C(=O)OC)cc5c4C3)sc2n1. The second kappa shape index (κ2) is 8.69. The first-order valence-electron chi connectivity index (χ1n) is 10.8. The van der Waals surface area contributed by atoms with Crippen LogP contribution in [0.3, 0.4) is 0 Å². The van der Waals surface area contributed by atoms with Gasteiger partial charge >= 0.3 is 5.97 Å².